The van der Waals surface area contributed by atoms with E-state index in [0.717, 1.165) is 18.4 Å². The Morgan fingerprint density at radius 2 is 1.79 bits per heavy atom. The molecule has 1 aliphatic carbocycles. The maximum Gasteiger partial charge on any atom is 0.134 e. The van der Waals surface area contributed by atoms with Crippen LogP contribution in [0.25, 0.3) is 0 Å². The largest absolute Gasteiger partial charge is 0.496 e. The lowest BCUT2D eigenvalue weighted by atomic mass is 9.94. The summed E-state index contributed by atoms with van der Waals surface area (Å²) in [6, 6.07) is 3.44. The number of rotatable bonds is 5. The number of methoxy groups -OCH3 is 2. The van der Waals surface area contributed by atoms with Crippen LogP contribution in [0.15, 0.2) is 12.1 Å². The number of hydrogen-bond acceptors (Lipinski definition) is 3. The Hall–Kier alpha value is -1.29. The third kappa shape index (κ3) is 3.00. The molecule has 0 radical (unpaired) electrons. The van der Waals surface area contributed by atoms with E-state index in [1.165, 1.54) is 21.0 Å². The summed E-state index contributed by atoms with van der Waals surface area (Å²) < 4.78 is 24.8. The topological polar surface area (TPSA) is 38.7 Å². The number of halogens is 1. The van der Waals surface area contributed by atoms with Gasteiger partial charge in [-0.2, -0.15) is 0 Å². The Labute approximate surface area is 113 Å². The highest BCUT2D eigenvalue weighted by molar-refractivity contribution is 5.49. The number of aliphatic hydroxyl groups is 1. The van der Waals surface area contributed by atoms with E-state index in [1.54, 1.807) is 19.2 Å². The summed E-state index contributed by atoms with van der Waals surface area (Å²) in [5.41, 5.74) is -0.815. The third-order valence-electron chi connectivity index (χ3n) is 3.59. The van der Waals surface area contributed by atoms with Gasteiger partial charge in [0.15, 0.2) is 0 Å². The molecule has 3 nitrogen and oxygen atoms in total. The number of ether oxygens (including phenoxy) is 2. The predicted octanol–water partition coefficient (Wildman–Crippen LogP) is 2.98. The Balaban J connectivity index is 2.44. The molecule has 1 aromatic rings. The molecule has 19 heavy (non-hydrogen) atoms. The average Bonchev–Trinajstić information content (AvgIpc) is 3.04. The monoisotopic (exact) mass is 268 g/mol. The zero-order valence-corrected chi connectivity index (χ0v) is 11.9. The van der Waals surface area contributed by atoms with Crippen molar-refractivity contribution in [3.63, 3.8) is 0 Å². The lowest BCUT2D eigenvalue weighted by Crippen LogP contribution is -2.15. The number of hydrogen-bond donors (Lipinski definition) is 1. The molecule has 0 heterocycles. The van der Waals surface area contributed by atoms with Gasteiger partial charge in [-0.05, 0) is 38.8 Å². The first-order valence-electron chi connectivity index (χ1n) is 6.46. The summed E-state index contributed by atoms with van der Waals surface area (Å²) in [6.07, 6.45) is 2.11. The molecule has 4 heteroatoms. The van der Waals surface area contributed by atoms with Crippen LogP contribution in [0.1, 0.15) is 37.8 Å². The summed E-state index contributed by atoms with van der Waals surface area (Å²) >= 11 is 0. The summed E-state index contributed by atoms with van der Waals surface area (Å²) in [5.74, 6) is 1.09. The first kappa shape index (κ1) is 14.1. The van der Waals surface area contributed by atoms with Gasteiger partial charge in [0.05, 0.1) is 19.8 Å². The molecule has 2 rings (SSSR count). The zero-order valence-electron chi connectivity index (χ0n) is 11.9. The van der Waals surface area contributed by atoms with Gasteiger partial charge in [-0.15, -0.1) is 0 Å². The first-order valence-corrected chi connectivity index (χ1v) is 6.46. The Kier molecular flexibility index (Phi) is 3.47. The van der Waals surface area contributed by atoms with Crippen molar-refractivity contribution in [2.75, 3.05) is 14.2 Å². The molecule has 1 fully saturated rings. The predicted molar refractivity (Wildman–Crippen MR) is 71.6 cm³/mol. The van der Waals surface area contributed by atoms with Crippen LogP contribution < -0.4 is 9.47 Å². The fraction of sp³-hybridized carbons (Fsp3) is 0.600. The van der Waals surface area contributed by atoms with Crippen molar-refractivity contribution in [3.05, 3.63) is 23.3 Å². The van der Waals surface area contributed by atoms with Gasteiger partial charge in [0, 0.05) is 17.5 Å². The van der Waals surface area contributed by atoms with E-state index in [4.69, 9.17) is 9.47 Å². The third-order valence-corrected chi connectivity index (χ3v) is 3.59. The van der Waals surface area contributed by atoms with Gasteiger partial charge in [-0.25, -0.2) is 4.39 Å². The highest BCUT2D eigenvalue weighted by atomic mass is 19.1. The summed E-state index contributed by atoms with van der Waals surface area (Å²) in [7, 11) is 3.07. The van der Waals surface area contributed by atoms with Gasteiger partial charge in [-0.3, -0.25) is 0 Å². The van der Waals surface area contributed by atoms with E-state index >= 15 is 0 Å². The van der Waals surface area contributed by atoms with E-state index in [-0.39, 0.29) is 0 Å². The van der Waals surface area contributed by atoms with Gasteiger partial charge in [0.1, 0.15) is 17.2 Å². The number of alkyl halides is 1. The van der Waals surface area contributed by atoms with Crippen molar-refractivity contribution in [2.45, 2.75) is 44.4 Å². The van der Waals surface area contributed by atoms with Crippen LogP contribution >= 0.6 is 0 Å². The minimum Gasteiger partial charge on any atom is -0.496 e. The quantitative estimate of drug-likeness (QED) is 0.892. The molecule has 1 aromatic carbocycles. The Bertz CT molecular complexity index is 473. The second kappa shape index (κ2) is 4.67. The zero-order chi connectivity index (χ0) is 14.3. The average molecular weight is 268 g/mol. The fourth-order valence-electron chi connectivity index (χ4n) is 2.24. The highest BCUT2D eigenvalue weighted by Crippen LogP contribution is 2.43. The molecule has 0 amide bonds. The second-order valence-electron chi connectivity index (χ2n) is 5.74. The Morgan fingerprint density at radius 3 is 2.21 bits per heavy atom. The molecular formula is C15H21FO3. The normalized spacial score (nSPS) is 17.2. The van der Waals surface area contributed by atoms with Crippen LogP contribution in [-0.2, 0) is 12.1 Å². The van der Waals surface area contributed by atoms with Crippen molar-refractivity contribution in [2.24, 2.45) is 0 Å². The van der Waals surface area contributed by atoms with Crippen LogP contribution in [0.4, 0.5) is 4.39 Å². The van der Waals surface area contributed by atoms with E-state index in [9.17, 15) is 9.50 Å². The van der Waals surface area contributed by atoms with Gasteiger partial charge in [-0.1, -0.05) is 0 Å². The van der Waals surface area contributed by atoms with Crippen LogP contribution in [0.5, 0.6) is 11.5 Å². The number of benzene rings is 1. The minimum atomic E-state index is -1.51. The van der Waals surface area contributed by atoms with E-state index in [1.807, 2.05) is 0 Å². The molecule has 0 unspecified atom stereocenters. The van der Waals surface area contributed by atoms with Crippen molar-refractivity contribution < 1.29 is 19.0 Å². The molecule has 106 valence electrons. The molecule has 0 atom stereocenters. The van der Waals surface area contributed by atoms with Crippen LogP contribution in [0.2, 0.25) is 0 Å². The molecule has 0 saturated heterocycles. The van der Waals surface area contributed by atoms with Gasteiger partial charge >= 0.3 is 0 Å². The maximum absolute atomic E-state index is 14.2. The molecule has 1 aliphatic rings. The molecule has 0 spiro atoms. The van der Waals surface area contributed by atoms with Gasteiger partial charge < -0.3 is 14.6 Å². The SMILES string of the molecule is COc1cc(C(C)(C)F)c(OC)cc1CC1(O)CC1. The van der Waals surface area contributed by atoms with Crippen molar-refractivity contribution >= 4 is 0 Å². The highest BCUT2D eigenvalue weighted by Gasteiger charge is 2.41. The first-order chi connectivity index (χ1) is 8.79. The molecule has 0 bridgehead atoms. The maximum atomic E-state index is 14.2. The fourth-order valence-corrected chi connectivity index (χ4v) is 2.24. The molecule has 0 aliphatic heterocycles. The molecule has 0 aromatic heterocycles. The van der Waals surface area contributed by atoms with Crippen molar-refractivity contribution in [3.8, 4) is 11.5 Å². The molecule has 1 saturated carbocycles. The second-order valence-corrected chi connectivity index (χ2v) is 5.74. The standard InChI is InChI=1S/C15H21FO3/c1-14(2,16)11-8-12(18-3)10(7-13(11)19-4)9-15(17)5-6-15/h7-8,17H,5-6,9H2,1-4H3. The van der Waals surface area contributed by atoms with Crippen LogP contribution in [0, 0.1) is 0 Å². The van der Waals surface area contributed by atoms with Crippen LogP contribution in [0.3, 0.4) is 0 Å². The summed E-state index contributed by atoms with van der Waals surface area (Å²) in [5, 5.41) is 10.0. The van der Waals surface area contributed by atoms with Crippen molar-refractivity contribution in [1.29, 1.82) is 0 Å². The Morgan fingerprint density at radius 1 is 1.21 bits per heavy atom. The minimum absolute atomic E-state index is 0.457. The summed E-state index contributed by atoms with van der Waals surface area (Å²) in [6.45, 7) is 2.97. The van der Waals surface area contributed by atoms with E-state index in [0.29, 0.717) is 23.5 Å². The van der Waals surface area contributed by atoms with Crippen molar-refractivity contribution in [1.82, 2.24) is 0 Å². The smallest absolute Gasteiger partial charge is 0.134 e. The lowest BCUT2D eigenvalue weighted by molar-refractivity contribution is 0.149. The van der Waals surface area contributed by atoms with Crippen LogP contribution in [-0.4, -0.2) is 24.9 Å². The molecule has 1 N–H and O–H groups in total. The van der Waals surface area contributed by atoms with E-state index < -0.39 is 11.3 Å². The molecular weight excluding hydrogens is 247 g/mol. The van der Waals surface area contributed by atoms with Gasteiger partial charge in [0.25, 0.3) is 0 Å². The summed E-state index contributed by atoms with van der Waals surface area (Å²) in [4.78, 5) is 0. The van der Waals surface area contributed by atoms with E-state index in [2.05, 4.69) is 0 Å². The van der Waals surface area contributed by atoms with Gasteiger partial charge in [0.2, 0.25) is 0 Å². The lowest BCUT2D eigenvalue weighted by Gasteiger charge is -2.22.